The molecule has 5 nitrogen and oxygen atoms in total. The number of para-hydroxylation sites is 1. The number of nitrogens with one attached hydrogen (secondary N) is 3. The zero-order chi connectivity index (χ0) is 18.4. The summed E-state index contributed by atoms with van der Waals surface area (Å²) in [6.07, 6.45) is 0. The summed E-state index contributed by atoms with van der Waals surface area (Å²) in [7, 11) is 0. The number of amides is 3. The van der Waals surface area contributed by atoms with Gasteiger partial charge in [-0.2, -0.15) is 0 Å². The fourth-order valence-electron chi connectivity index (χ4n) is 2.17. The molecule has 0 aliphatic rings. The van der Waals surface area contributed by atoms with Gasteiger partial charge in [-0.25, -0.2) is 13.6 Å². The lowest BCUT2D eigenvalue weighted by Crippen LogP contribution is -2.48. The van der Waals surface area contributed by atoms with Crippen LogP contribution >= 0.6 is 0 Å². The number of urea groups is 1. The molecule has 1 atom stereocenters. The van der Waals surface area contributed by atoms with Gasteiger partial charge >= 0.3 is 6.03 Å². The zero-order valence-corrected chi connectivity index (χ0v) is 13.8. The van der Waals surface area contributed by atoms with Crippen molar-refractivity contribution in [1.82, 2.24) is 5.32 Å². The Balaban J connectivity index is 2.03. The molecule has 7 heteroatoms. The first-order chi connectivity index (χ1) is 11.9. The van der Waals surface area contributed by atoms with E-state index >= 15 is 0 Å². The van der Waals surface area contributed by atoms with Crippen molar-refractivity contribution in [3.05, 3.63) is 60.2 Å². The first kappa shape index (κ1) is 18.4. The first-order valence-corrected chi connectivity index (χ1v) is 7.75. The van der Waals surface area contributed by atoms with E-state index in [9.17, 15) is 18.4 Å². The van der Waals surface area contributed by atoms with Gasteiger partial charge in [-0.05, 0) is 30.2 Å². The van der Waals surface area contributed by atoms with Crippen molar-refractivity contribution in [1.29, 1.82) is 0 Å². The minimum Gasteiger partial charge on any atom is -0.326 e. The molecule has 0 aliphatic carbocycles. The van der Waals surface area contributed by atoms with Gasteiger partial charge in [0.15, 0.2) is 0 Å². The molecule has 0 saturated carbocycles. The number of hydrogen-bond donors (Lipinski definition) is 3. The Morgan fingerprint density at radius 3 is 2.24 bits per heavy atom. The van der Waals surface area contributed by atoms with Gasteiger partial charge in [-0.3, -0.25) is 4.79 Å². The Bertz CT molecular complexity index is 751. The second kappa shape index (κ2) is 8.23. The maximum absolute atomic E-state index is 13.7. The standard InChI is InChI=1S/C18H19F2N3O2/c1-11(2)16(23-18(25)21-13-6-4-3-5-7-13)17(24)22-15-9-8-12(19)10-14(15)20/h3-11,16H,1-2H3,(H,22,24)(H2,21,23,25)/t16-/m1/s1. The van der Waals surface area contributed by atoms with Crippen molar-refractivity contribution >= 4 is 23.3 Å². The molecule has 2 aromatic carbocycles. The smallest absolute Gasteiger partial charge is 0.319 e. The molecule has 0 spiro atoms. The van der Waals surface area contributed by atoms with Crippen LogP contribution in [0, 0.1) is 17.6 Å². The van der Waals surface area contributed by atoms with Crippen molar-refractivity contribution in [2.45, 2.75) is 19.9 Å². The highest BCUT2D eigenvalue weighted by Gasteiger charge is 2.25. The van der Waals surface area contributed by atoms with Gasteiger partial charge in [0.1, 0.15) is 17.7 Å². The average molecular weight is 347 g/mol. The van der Waals surface area contributed by atoms with E-state index in [-0.39, 0.29) is 11.6 Å². The van der Waals surface area contributed by atoms with E-state index in [1.807, 2.05) is 6.07 Å². The Morgan fingerprint density at radius 1 is 0.960 bits per heavy atom. The summed E-state index contributed by atoms with van der Waals surface area (Å²) in [6.45, 7) is 3.49. The van der Waals surface area contributed by atoms with E-state index in [0.29, 0.717) is 11.8 Å². The molecule has 0 saturated heterocycles. The molecule has 0 bridgehead atoms. The summed E-state index contributed by atoms with van der Waals surface area (Å²) in [6, 6.07) is 10.1. The second-order valence-corrected chi connectivity index (χ2v) is 5.80. The molecule has 3 N–H and O–H groups in total. The van der Waals surface area contributed by atoms with Crippen molar-refractivity contribution in [3.63, 3.8) is 0 Å². The molecular weight excluding hydrogens is 328 g/mol. The molecule has 0 aromatic heterocycles. The Morgan fingerprint density at radius 2 is 1.64 bits per heavy atom. The zero-order valence-electron chi connectivity index (χ0n) is 13.8. The molecule has 25 heavy (non-hydrogen) atoms. The third kappa shape index (κ3) is 5.27. The highest BCUT2D eigenvalue weighted by molar-refractivity contribution is 5.99. The lowest BCUT2D eigenvalue weighted by atomic mass is 10.0. The molecule has 0 aliphatic heterocycles. The van der Waals surface area contributed by atoms with Crippen LogP contribution in [0.5, 0.6) is 0 Å². The van der Waals surface area contributed by atoms with Crippen molar-refractivity contribution < 1.29 is 18.4 Å². The Hall–Kier alpha value is -2.96. The average Bonchev–Trinajstić information content (AvgIpc) is 2.55. The lowest BCUT2D eigenvalue weighted by molar-refractivity contribution is -0.118. The predicted molar refractivity (Wildman–Crippen MR) is 92.2 cm³/mol. The summed E-state index contributed by atoms with van der Waals surface area (Å²) < 4.78 is 26.6. The molecule has 132 valence electrons. The molecule has 3 amide bonds. The van der Waals surface area contributed by atoms with Gasteiger partial charge in [0.05, 0.1) is 5.69 Å². The molecular formula is C18H19F2N3O2. The van der Waals surface area contributed by atoms with E-state index < -0.39 is 29.6 Å². The van der Waals surface area contributed by atoms with Crippen LogP contribution in [0.15, 0.2) is 48.5 Å². The molecule has 0 unspecified atom stereocenters. The third-order valence-corrected chi connectivity index (χ3v) is 3.46. The third-order valence-electron chi connectivity index (χ3n) is 3.46. The normalized spacial score (nSPS) is 11.7. The van der Waals surface area contributed by atoms with Gasteiger partial charge < -0.3 is 16.0 Å². The maximum Gasteiger partial charge on any atom is 0.319 e. The fraction of sp³-hybridized carbons (Fsp3) is 0.222. The Labute approximate surface area is 144 Å². The summed E-state index contributed by atoms with van der Waals surface area (Å²) >= 11 is 0. The monoisotopic (exact) mass is 347 g/mol. The SMILES string of the molecule is CC(C)[C@@H](NC(=O)Nc1ccccc1)C(=O)Nc1ccc(F)cc1F. The van der Waals surface area contributed by atoms with Crippen LogP contribution in [-0.4, -0.2) is 18.0 Å². The fourth-order valence-corrected chi connectivity index (χ4v) is 2.17. The summed E-state index contributed by atoms with van der Waals surface area (Å²) in [5.74, 6) is -2.46. The van der Waals surface area contributed by atoms with E-state index in [1.165, 1.54) is 0 Å². The van der Waals surface area contributed by atoms with Crippen LogP contribution in [0.25, 0.3) is 0 Å². The minimum absolute atomic E-state index is 0.151. The lowest BCUT2D eigenvalue weighted by Gasteiger charge is -2.22. The van der Waals surface area contributed by atoms with Crippen molar-refractivity contribution in [2.75, 3.05) is 10.6 Å². The van der Waals surface area contributed by atoms with Crippen molar-refractivity contribution in [3.8, 4) is 0 Å². The van der Waals surface area contributed by atoms with Gasteiger partial charge in [0.2, 0.25) is 5.91 Å². The number of halogens is 2. The van der Waals surface area contributed by atoms with Gasteiger partial charge in [0.25, 0.3) is 0 Å². The molecule has 2 rings (SSSR count). The topological polar surface area (TPSA) is 70.2 Å². The van der Waals surface area contributed by atoms with E-state index in [0.717, 1.165) is 12.1 Å². The highest BCUT2D eigenvalue weighted by Crippen LogP contribution is 2.16. The quantitative estimate of drug-likeness (QED) is 0.771. The van der Waals surface area contributed by atoms with E-state index in [4.69, 9.17) is 0 Å². The molecule has 2 aromatic rings. The van der Waals surface area contributed by atoms with Gasteiger partial charge in [0, 0.05) is 11.8 Å². The summed E-state index contributed by atoms with van der Waals surface area (Å²) in [5.41, 5.74) is 0.426. The van der Waals surface area contributed by atoms with Gasteiger partial charge in [-0.1, -0.05) is 32.0 Å². The number of anilines is 2. The van der Waals surface area contributed by atoms with Crippen molar-refractivity contribution in [2.24, 2.45) is 5.92 Å². The minimum atomic E-state index is -0.895. The number of rotatable bonds is 5. The highest BCUT2D eigenvalue weighted by atomic mass is 19.1. The first-order valence-electron chi connectivity index (χ1n) is 7.75. The maximum atomic E-state index is 13.7. The number of carbonyl (C=O) groups is 2. The molecule has 0 fully saturated rings. The predicted octanol–water partition coefficient (Wildman–Crippen LogP) is 3.75. The van der Waals surface area contributed by atoms with Crippen LogP contribution < -0.4 is 16.0 Å². The largest absolute Gasteiger partial charge is 0.326 e. The second-order valence-electron chi connectivity index (χ2n) is 5.80. The molecule has 0 radical (unpaired) electrons. The van der Waals surface area contributed by atoms with E-state index in [1.54, 1.807) is 38.1 Å². The number of benzene rings is 2. The number of carbonyl (C=O) groups excluding carboxylic acids is 2. The van der Waals surface area contributed by atoms with E-state index in [2.05, 4.69) is 16.0 Å². The summed E-state index contributed by atoms with van der Waals surface area (Å²) in [4.78, 5) is 24.4. The van der Waals surface area contributed by atoms with Gasteiger partial charge in [-0.15, -0.1) is 0 Å². The van der Waals surface area contributed by atoms with Crippen LogP contribution in [0.2, 0.25) is 0 Å². The Kier molecular flexibility index (Phi) is 6.05. The van der Waals surface area contributed by atoms with Crippen LogP contribution in [0.4, 0.5) is 25.0 Å². The summed E-state index contributed by atoms with van der Waals surface area (Å²) in [5, 5.41) is 7.53. The van der Waals surface area contributed by atoms with Crippen LogP contribution in [0.3, 0.4) is 0 Å². The molecule has 0 heterocycles. The van der Waals surface area contributed by atoms with Crippen LogP contribution in [0.1, 0.15) is 13.8 Å². The number of hydrogen-bond acceptors (Lipinski definition) is 2. The van der Waals surface area contributed by atoms with Crippen LogP contribution in [-0.2, 0) is 4.79 Å².